The fraction of sp³-hybridized carbons (Fsp3) is 0.312. The van der Waals surface area contributed by atoms with Gasteiger partial charge in [0.15, 0.2) is 11.6 Å². The van der Waals surface area contributed by atoms with Crippen LogP contribution in [0.2, 0.25) is 0 Å². The quantitative estimate of drug-likeness (QED) is 0.146. The van der Waals surface area contributed by atoms with Gasteiger partial charge in [0, 0.05) is 31.6 Å². The number of rotatable bonds is 15. The highest BCUT2D eigenvalue weighted by molar-refractivity contribution is 6.01. The summed E-state index contributed by atoms with van der Waals surface area (Å²) >= 11 is 0. The molecular formula is C32H37N3O6. The Hall–Kier alpha value is -4.34. The van der Waals surface area contributed by atoms with Crippen molar-refractivity contribution < 1.29 is 28.8 Å². The van der Waals surface area contributed by atoms with Crippen molar-refractivity contribution in [1.82, 2.24) is 10.9 Å². The lowest BCUT2D eigenvalue weighted by Gasteiger charge is -2.29. The summed E-state index contributed by atoms with van der Waals surface area (Å²) in [5.74, 6) is 2.18. The van der Waals surface area contributed by atoms with Crippen LogP contribution in [0.25, 0.3) is 0 Å². The topological polar surface area (TPSA) is 111 Å². The van der Waals surface area contributed by atoms with E-state index in [2.05, 4.69) is 17.4 Å². The summed E-state index contributed by atoms with van der Waals surface area (Å²) in [5, 5.41) is 8.98. The van der Waals surface area contributed by atoms with Crippen LogP contribution in [0, 0.1) is 0 Å². The third-order valence-corrected chi connectivity index (χ3v) is 6.80. The first-order valence-electron chi connectivity index (χ1n) is 13.5. The molecule has 0 unspecified atom stereocenters. The molecule has 9 heteroatoms. The molecule has 0 saturated heterocycles. The molecule has 1 heterocycles. The maximum atomic E-state index is 13.9. The van der Waals surface area contributed by atoms with Crippen LogP contribution < -0.4 is 25.1 Å². The van der Waals surface area contributed by atoms with Crippen LogP contribution in [-0.2, 0) is 16.0 Å². The first-order valence-corrected chi connectivity index (χ1v) is 13.5. The number of hydrazine groups is 1. The van der Waals surface area contributed by atoms with Gasteiger partial charge < -0.3 is 24.1 Å². The standard InChI is InChI=1S/C32H37N3O6/c1-4-18-32(31(37)35-33-19-17-25-22-27(38-2)15-16-28(25)39-3)29(23-9-6-5-7-10-23)41-30(34-32)24-11-13-26(14-12-24)40-21-8-20-36/h4-7,9-16,22,29,33,36H,1,8,17-21H2,2-3H3,(H,35,37)/t29-,32-/m0/s1. The number of hydrogen-bond donors (Lipinski definition) is 3. The number of nitrogens with zero attached hydrogens (tertiary/aromatic N) is 1. The monoisotopic (exact) mass is 559 g/mol. The first-order chi connectivity index (χ1) is 20.0. The Morgan fingerprint density at radius 3 is 2.51 bits per heavy atom. The van der Waals surface area contributed by atoms with Crippen molar-refractivity contribution in [3.05, 3.63) is 102 Å². The number of aliphatic imine (C=N–C) groups is 1. The van der Waals surface area contributed by atoms with E-state index in [-0.39, 0.29) is 18.9 Å². The smallest absolute Gasteiger partial charge is 0.266 e. The highest BCUT2D eigenvalue weighted by atomic mass is 16.5. The number of amides is 1. The van der Waals surface area contributed by atoms with Gasteiger partial charge in [-0.2, -0.15) is 0 Å². The second-order valence-corrected chi connectivity index (χ2v) is 9.50. The van der Waals surface area contributed by atoms with E-state index in [1.807, 2.05) is 72.8 Å². The van der Waals surface area contributed by atoms with Crippen LogP contribution in [0.5, 0.6) is 17.2 Å². The average Bonchev–Trinajstić information content (AvgIpc) is 3.40. The second kappa shape index (κ2) is 14.3. The lowest BCUT2D eigenvalue weighted by Crippen LogP contribution is -2.52. The van der Waals surface area contributed by atoms with E-state index in [9.17, 15) is 4.79 Å². The van der Waals surface area contributed by atoms with E-state index < -0.39 is 11.6 Å². The van der Waals surface area contributed by atoms with Gasteiger partial charge in [0.05, 0.1) is 20.8 Å². The molecule has 3 aromatic rings. The van der Waals surface area contributed by atoms with Crippen LogP contribution in [0.1, 0.15) is 35.6 Å². The normalized spacial score (nSPS) is 17.7. The highest BCUT2D eigenvalue weighted by Gasteiger charge is 2.52. The largest absolute Gasteiger partial charge is 0.497 e. The molecule has 0 aromatic heterocycles. The van der Waals surface area contributed by atoms with E-state index in [1.54, 1.807) is 20.3 Å². The maximum Gasteiger partial charge on any atom is 0.266 e. The third kappa shape index (κ3) is 7.06. The minimum Gasteiger partial charge on any atom is -0.497 e. The van der Waals surface area contributed by atoms with Gasteiger partial charge in [-0.05, 0) is 60.0 Å². The van der Waals surface area contributed by atoms with Crippen molar-refractivity contribution in [2.75, 3.05) is 34.0 Å². The predicted molar refractivity (Wildman–Crippen MR) is 157 cm³/mol. The van der Waals surface area contributed by atoms with Crippen molar-refractivity contribution in [1.29, 1.82) is 0 Å². The molecule has 1 aliphatic rings. The van der Waals surface area contributed by atoms with Gasteiger partial charge in [-0.3, -0.25) is 10.2 Å². The van der Waals surface area contributed by atoms with E-state index in [0.717, 1.165) is 28.2 Å². The molecule has 1 aliphatic heterocycles. The molecule has 0 bridgehead atoms. The Labute approximate surface area is 240 Å². The Morgan fingerprint density at radius 1 is 1.07 bits per heavy atom. The molecule has 1 amide bonds. The molecule has 2 atom stereocenters. The summed E-state index contributed by atoms with van der Waals surface area (Å²) in [6.45, 7) is 4.85. The number of carbonyl (C=O) groups excluding carboxylic acids is 1. The van der Waals surface area contributed by atoms with E-state index in [0.29, 0.717) is 37.6 Å². The maximum absolute atomic E-state index is 13.9. The van der Waals surface area contributed by atoms with Crippen molar-refractivity contribution in [2.24, 2.45) is 4.99 Å². The van der Waals surface area contributed by atoms with Crippen LogP contribution in [-0.4, -0.2) is 56.4 Å². The van der Waals surface area contributed by atoms with Gasteiger partial charge in [-0.1, -0.05) is 36.4 Å². The number of aliphatic hydroxyl groups is 1. The van der Waals surface area contributed by atoms with Crippen LogP contribution in [0.4, 0.5) is 0 Å². The Morgan fingerprint density at radius 2 is 1.83 bits per heavy atom. The summed E-state index contributed by atoms with van der Waals surface area (Å²) in [6, 6.07) is 22.5. The highest BCUT2D eigenvalue weighted by Crippen LogP contribution is 2.42. The number of nitrogens with one attached hydrogen (secondary N) is 2. The predicted octanol–water partition coefficient (Wildman–Crippen LogP) is 4.16. The number of hydrogen-bond acceptors (Lipinski definition) is 8. The minimum absolute atomic E-state index is 0.0705. The second-order valence-electron chi connectivity index (χ2n) is 9.50. The van der Waals surface area contributed by atoms with Gasteiger partial charge in [-0.15, -0.1) is 6.58 Å². The Balaban J connectivity index is 1.54. The molecular weight excluding hydrogens is 522 g/mol. The number of benzene rings is 3. The van der Waals surface area contributed by atoms with Crippen molar-refractivity contribution in [2.45, 2.75) is 30.9 Å². The Bertz CT molecular complexity index is 1330. The van der Waals surface area contributed by atoms with Gasteiger partial charge in [0.1, 0.15) is 17.2 Å². The zero-order valence-electron chi connectivity index (χ0n) is 23.5. The summed E-state index contributed by atoms with van der Waals surface area (Å²) in [5.41, 5.74) is 7.12. The number of ether oxygens (including phenoxy) is 4. The molecule has 0 radical (unpaired) electrons. The molecule has 0 spiro atoms. The van der Waals surface area contributed by atoms with Gasteiger partial charge in [0.25, 0.3) is 5.91 Å². The van der Waals surface area contributed by atoms with Gasteiger partial charge in [0.2, 0.25) is 5.90 Å². The third-order valence-electron chi connectivity index (χ3n) is 6.80. The summed E-state index contributed by atoms with van der Waals surface area (Å²) in [7, 11) is 3.24. The molecule has 0 aliphatic carbocycles. The minimum atomic E-state index is -1.28. The number of methoxy groups -OCH3 is 2. The lowest BCUT2D eigenvalue weighted by molar-refractivity contribution is -0.129. The number of aliphatic hydroxyl groups excluding tert-OH is 1. The van der Waals surface area contributed by atoms with Crippen molar-refractivity contribution in [3.63, 3.8) is 0 Å². The average molecular weight is 560 g/mol. The Kier molecular flexibility index (Phi) is 10.4. The van der Waals surface area contributed by atoms with E-state index in [1.165, 1.54) is 0 Å². The van der Waals surface area contributed by atoms with Gasteiger partial charge >= 0.3 is 0 Å². The molecule has 4 rings (SSSR count). The van der Waals surface area contributed by atoms with Gasteiger partial charge in [-0.25, -0.2) is 10.4 Å². The van der Waals surface area contributed by atoms with Crippen LogP contribution >= 0.6 is 0 Å². The molecule has 3 aromatic carbocycles. The summed E-state index contributed by atoms with van der Waals surface area (Å²) in [4.78, 5) is 18.8. The molecule has 9 nitrogen and oxygen atoms in total. The molecule has 0 fully saturated rings. The molecule has 0 saturated carbocycles. The SMILES string of the molecule is C=CC[C@]1(C(=O)NNCCc2cc(OC)ccc2OC)N=C(c2ccc(OCCCO)cc2)O[C@H]1c1ccccc1. The lowest BCUT2D eigenvalue weighted by atomic mass is 9.84. The van der Waals surface area contributed by atoms with E-state index in [4.69, 9.17) is 29.0 Å². The van der Waals surface area contributed by atoms with Crippen LogP contribution in [0.3, 0.4) is 0 Å². The van der Waals surface area contributed by atoms with Crippen LogP contribution in [0.15, 0.2) is 90.4 Å². The van der Waals surface area contributed by atoms with Crippen molar-refractivity contribution in [3.8, 4) is 17.2 Å². The molecule has 41 heavy (non-hydrogen) atoms. The molecule has 216 valence electrons. The first kappa shape index (κ1) is 29.6. The number of carbonyl (C=O) groups is 1. The zero-order valence-corrected chi connectivity index (χ0v) is 23.5. The van der Waals surface area contributed by atoms with E-state index >= 15 is 0 Å². The van der Waals surface area contributed by atoms with Crippen molar-refractivity contribution >= 4 is 11.8 Å². The fourth-order valence-electron chi connectivity index (χ4n) is 4.69. The molecule has 3 N–H and O–H groups in total. The summed E-state index contributed by atoms with van der Waals surface area (Å²) in [6.07, 6.45) is 2.42. The zero-order chi connectivity index (χ0) is 29.1. The summed E-state index contributed by atoms with van der Waals surface area (Å²) < 4.78 is 22.9. The fourth-order valence-corrected chi connectivity index (χ4v) is 4.69.